The summed E-state index contributed by atoms with van der Waals surface area (Å²) in [5, 5.41) is 7.12. The summed E-state index contributed by atoms with van der Waals surface area (Å²) in [6, 6.07) is 0.480. The molecule has 166 valence electrons. The topological polar surface area (TPSA) is 60.0 Å². The maximum Gasteiger partial charge on any atom is 0.230 e. The third-order valence-electron chi connectivity index (χ3n) is 7.41. The number of nitrogens with one attached hydrogen (secondary N) is 2. The number of carbonyl (C=O) groups excluding carboxylic acids is 1. The standard InChI is InChI=1S/C23H43N5O/c1-24-22(25-18-23(13-7-8-14-23)21(29)27(2)3)26-20-11-15-28(16-12-20)17-19-9-5-4-6-10-19/h19-20H,4-18H2,1-3H3,(H2,24,25,26). The van der Waals surface area contributed by atoms with Gasteiger partial charge in [-0.05, 0) is 44.4 Å². The predicted molar refractivity (Wildman–Crippen MR) is 120 cm³/mol. The SMILES string of the molecule is CN=C(NCC1(C(=O)N(C)C)CCCC1)NC1CCN(CC2CCCCC2)CC1. The summed E-state index contributed by atoms with van der Waals surface area (Å²) in [6.07, 6.45) is 13.8. The lowest BCUT2D eigenvalue weighted by Gasteiger charge is -2.36. The molecule has 3 aliphatic rings. The fraction of sp³-hybridized carbons (Fsp3) is 0.913. The van der Waals surface area contributed by atoms with E-state index >= 15 is 0 Å². The molecule has 3 fully saturated rings. The maximum absolute atomic E-state index is 12.8. The number of hydrogen-bond donors (Lipinski definition) is 2. The van der Waals surface area contributed by atoms with E-state index in [1.165, 1.54) is 64.6 Å². The molecule has 6 nitrogen and oxygen atoms in total. The van der Waals surface area contributed by atoms with Crippen molar-refractivity contribution in [2.75, 3.05) is 47.3 Å². The molecule has 0 aromatic heterocycles. The van der Waals surface area contributed by atoms with Gasteiger partial charge >= 0.3 is 0 Å². The van der Waals surface area contributed by atoms with Gasteiger partial charge in [0.15, 0.2) is 5.96 Å². The van der Waals surface area contributed by atoms with Gasteiger partial charge in [-0.15, -0.1) is 0 Å². The lowest BCUT2D eigenvalue weighted by molar-refractivity contribution is -0.138. The van der Waals surface area contributed by atoms with E-state index in [4.69, 9.17) is 0 Å². The number of likely N-dealkylation sites (tertiary alicyclic amines) is 1. The summed E-state index contributed by atoms with van der Waals surface area (Å²) < 4.78 is 0. The normalized spacial score (nSPS) is 24.4. The van der Waals surface area contributed by atoms with Crippen molar-refractivity contribution in [3.63, 3.8) is 0 Å². The Labute approximate surface area is 177 Å². The van der Waals surface area contributed by atoms with E-state index in [2.05, 4.69) is 20.5 Å². The Morgan fingerprint density at radius 2 is 1.69 bits per heavy atom. The third kappa shape index (κ3) is 6.09. The molecule has 1 saturated heterocycles. The molecule has 2 saturated carbocycles. The quantitative estimate of drug-likeness (QED) is 0.527. The molecular formula is C23H43N5O. The van der Waals surface area contributed by atoms with Gasteiger partial charge in [-0.1, -0.05) is 32.1 Å². The molecule has 0 bridgehead atoms. The second-order valence-corrected chi connectivity index (χ2v) is 9.84. The van der Waals surface area contributed by atoms with E-state index in [-0.39, 0.29) is 11.3 Å². The van der Waals surface area contributed by atoms with E-state index in [0.29, 0.717) is 12.6 Å². The number of guanidine groups is 1. The van der Waals surface area contributed by atoms with Crippen molar-refractivity contribution in [3.05, 3.63) is 0 Å². The van der Waals surface area contributed by atoms with E-state index in [9.17, 15) is 4.79 Å². The molecule has 1 aliphatic heterocycles. The molecule has 3 rings (SSSR count). The third-order valence-corrected chi connectivity index (χ3v) is 7.41. The van der Waals surface area contributed by atoms with E-state index < -0.39 is 0 Å². The molecule has 0 aromatic rings. The molecule has 2 aliphatic carbocycles. The largest absolute Gasteiger partial charge is 0.355 e. The zero-order valence-corrected chi connectivity index (χ0v) is 19.0. The van der Waals surface area contributed by atoms with Crippen LogP contribution in [0.15, 0.2) is 4.99 Å². The Kier molecular flexibility index (Phi) is 8.22. The highest BCUT2D eigenvalue weighted by atomic mass is 16.2. The van der Waals surface area contributed by atoms with Crippen molar-refractivity contribution >= 4 is 11.9 Å². The van der Waals surface area contributed by atoms with Gasteiger partial charge in [-0.25, -0.2) is 0 Å². The van der Waals surface area contributed by atoms with Crippen LogP contribution in [0.4, 0.5) is 0 Å². The van der Waals surface area contributed by atoms with Gasteiger partial charge in [0.05, 0.1) is 5.41 Å². The van der Waals surface area contributed by atoms with Crippen LogP contribution in [0.25, 0.3) is 0 Å². The molecule has 0 radical (unpaired) electrons. The summed E-state index contributed by atoms with van der Waals surface area (Å²) in [4.78, 5) is 21.7. The van der Waals surface area contributed by atoms with Crippen molar-refractivity contribution in [1.29, 1.82) is 0 Å². The molecule has 1 heterocycles. The first-order valence-electron chi connectivity index (χ1n) is 11.9. The highest BCUT2D eigenvalue weighted by molar-refractivity contribution is 5.85. The Hall–Kier alpha value is -1.30. The lowest BCUT2D eigenvalue weighted by Crippen LogP contribution is -2.52. The van der Waals surface area contributed by atoms with Crippen LogP contribution in [0, 0.1) is 11.3 Å². The number of amides is 1. The van der Waals surface area contributed by atoms with Crippen molar-refractivity contribution in [1.82, 2.24) is 20.4 Å². The van der Waals surface area contributed by atoms with Gasteiger partial charge in [0.2, 0.25) is 5.91 Å². The van der Waals surface area contributed by atoms with Gasteiger partial charge < -0.3 is 20.4 Å². The minimum Gasteiger partial charge on any atom is -0.355 e. The van der Waals surface area contributed by atoms with Crippen LogP contribution < -0.4 is 10.6 Å². The van der Waals surface area contributed by atoms with Crippen LogP contribution in [0.2, 0.25) is 0 Å². The fourth-order valence-electron chi connectivity index (χ4n) is 5.63. The predicted octanol–water partition coefficient (Wildman–Crippen LogP) is 2.84. The van der Waals surface area contributed by atoms with Crippen LogP contribution in [0.3, 0.4) is 0 Å². The minimum absolute atomic E-state index is 0.258. The molecular weight excluding hydrogens is 362 g/mol. The number of piperidine rings is 1. The fourth-order valence-corrected chi connectivity index (χ4v) is 5.63. The molecule has 0 aromatic carbocycles. The van der Waals surface area contributed by atoms with Gasteiger partial charge in [-0.2, -0.15) is 0 Å². The molecule has 1 amide bonds. The smallest absolute Gasteiger partial charge is 0.230 e. The zero-order chi connectivity index (χ0) is 20.7. The monoisotopic (exact) mass is 405 g/mol. The first-order valence-corrected chi connectivity index (χ1v) is 11.9. The van der Waals surface area contributed by atoms with Gasteiger partial charge in [-0.3, -0.25) is 9.79 Å². The molecule has 2 N–H and O–H groups in total. The lowest BCUT2D eigenvalue weighted by atomic mass is 9.84. The number of carbonyl (C=O) groups is 1. The van der Waals surface area contributed by atoms with Crippen molar-refractivity contribution in [3.8, 4) is 0 Å². The summed E-state index contributed by atoms with van der Waals surface area (Å²) in [7, 11) is 5.58. The second kappa shape index (κ2) is 10.6. The minimum atomic E-state index is -0.259. The highest BCUT2D eigenvalue weighted by Gasteiger charge is 2.42. The van der Waals surface area contributed by atoms with Gasteiger partial charge in [0.1, 0.15) is 0 Å². The van der Waals surface area contributed by atoms with Crippen LogP contribution in [-0.2, 0) is 4.79 Å². The number of hydrogen-bond acceptors (Lipinski definition) is 3. The Bertz CT molecular complexity index is 541. The summed E-state index contributed by atoms with van der Waals surface area (Å²) in [5.74, 6) is 2.04. The summed E-state index contributed by atoms with van der Waals surface area (Å²) in [6.45, 7) is 4.36. The Morgan fingerprint density at radius 1 is 1.03 bits per heavy atom. The van der Waals surface area contributed by atoms with Gasteiger partial charge in [0, 0.05) is 53.4 Å². The summed E-state index contributed by atoms with van der Waals surface area (Å²) in [5.41, 5.74) is -0.259. The first kappa shape index (κ1) is 22.4. The molecule has 0 spiro atoms. The maximum atomic E-state index is 12.8. The molecule has 29 heavy (non-hydrogen) atoms. The first-order chi connectivity index (χ1) is 14.0. The number of rotatable bonds is 6. The van der Waals surface area contributed by atoms with Crippen LogP contribution in [-0.4, -0.2) is 75.0 Å². The average Bonchev–Trinajstić information content (AvgIpc) is 3.22. The van der Waals surface area contributed by atoms with Crippen molar-refractivity contribution < 1.29 is 4.79 Å². The summed E-state index contributed by atoms with van der Waals surface area (Å²) >= 11 is 0. The number of aliphatic imine (C=N–C) groups is 1. The van der Waals surface area contributed by atoms with Crippen molar-refractivity contribution in [2.45, 2.75) is 76.7 Å². The molecule has 0 atom stereocenters. The Morgan fingerprint density at radius 3 is 2.28 bits per heavy atom. The van der Waals surface area contributed by atoms with Crippen LogP contribution >= 0.6 is 0 Å². The second-order valence-electron chi connectivity index (χ2n) is 9.84. The average molecular weight is 406 g/mol. The Balaban J connectivity index is 1.43. The highest BCUT2D eigenvalue weighted by Crippen LogP contribution is 2.38. The van der Waals surface area contributed by atoms with Gasteiger partial charge in [0.25, 0.3) is 0 Å². The van der Waals surface area contributed by atoms with Crippen LogP contribution in [0.5, 0.6) is 0 Å². The molecule has 0 unspecified atom stereocenters. The van der Waals surface area contributed by atoms with E-state index in [1.807, 2.05) is 21.1 Å². The van der Waals surface area contributed by atoms with Crippen LogP contribution in [0.1, 0.15) is 70.6 Å². The zero-order valence-electron chi connectivity index (χ0n) is 19.0. The molecule has 6 heteroatoms. The van der Waals surface area contributed by atoms with Crippen molar-refractivity contribution in [2.24, 2.45) is 16.3 Å². The van der Waals surface area contributed by atoms with E-state index in [0.717, 1.165) is 37.6 Å². The van der Waals surface area contributed by atoms with E-state index in [1.54, 1.807) is 4.90 Å². The number of nitrogens with zero attached hydrogens (tertiary/aromatic N) is 3.